The predicted octanol–water partition coefficient (Wildman–Crippen LogP) is 2.50. The number of piperidine rings is 1. The molecule has 0 spiro atoms. The molecule has 0 unspecified atom stereocenters. The van der Waals surface area contributed by atoms with Gasteiger partial charge >= 0.3 is 0 Å². The summed E-state index contributed by atoms with van der Waals surface area (Å²) in [5, 5.41) is 2.00. The van der Waals surface area contributed by atoms with E-state index in [1.54, 1.807) is 19.9 Å². The van der Waals surface area contributed by atoms with E-state index < -0.39 is 10.0 Å². The third kappa shape index (κ3) is 4.27. The predicted molar refractivity (Wildman–Crippen MR) is 94.4 cm³/mol. The van der Waals surface area contributed by atoms with Crippen molar-refractivity contribution in [3.63, 3.8) is 0 Å². The summed E-state index contributed by atoms with van der Waals surface area (Å²) in [7, 11) is -3.71. The third-order valence-electron chi connectivity index (χ3n) is 4.13. The summed E-state index contributed by atoms with van der Waals surface area (Å²) in [6.07, 6.45) is 3.25. The highest BCUT2D eigenvalue weighted by atomic mass is 35.5. The molecule has 1 fully saturated rings. The fourth-order valence-corrected chi connectivity index (χ4v) is 4.72. The van der Waals surface area contributed by atoms with E-state index in [4.69, 9.17) is 11.6 Å². The lowest BCUT2D eigenvalue weighted by Crippen LogP contribution is -2.45. The molecule has 0 radical (unpaired) electrons. The second-order valence-electron chi connectivity index (χ2n) is 5.72. The number of carbonyl (C=O) groups is 1. The Morgan fingerprint density at radius 1 is 1.21 bits per heavy atom. The molecule has 134 valence electrons. The van der Waals surface area contributed by atoms with Crippen LogP contribution in [0, 0.1) is 0 Å². The van der Waals surface area contributed by atoms with Gasteiger partial charge in [-0.15, -0.1) is 0 Å². The van der Waals surface area contributed by atoms with Crippen LogP contribution in [-0.2, 0) is 10.0 Å². The highest BCUT2D eigenvalue weighted by Gasteiger charge is 2.26. The first kappa shape index (κ1) is 19.2. The summed E-state index contributed by atoms with van der Waals surface area (Å²) < 4.78 is 26.7. The van der Waals surface area contributed by atoms with Crippen molar-refractivity contribution in [2.24, 2.45) is 0 Å². The van der Waals surface area contributed by atoms with E-state index in [1.807, 2.05) is 5.01 Å². The Morgan fingerprint density at radius 2 is 1.83 bits per heavy atom. The Bertz CT molecular complexity index is 684. The van der Waals surface area contributed by atoms with Gasteiger partial charge in [0, 0.05) is 31.7 Å². The average Bonchev–Trinajstić information content (AvgIpc) is 2.56. The normalized spacial score (nSPS) is 16.3. The molecule has 1 aromatic carbocycles. The number of sulfonamides is 1. The Hall–Kier alpha value is -1.15. The van der Waals surface area contributed by atoms with Gasteiger partial charge in [-0.3, -0.25) is 10.2 Å². The lowest BCUT2D eigenvalue weighted by molar-refractivity contribution is 0.0750. The monoisotopic (exact) mass is 373 g/mol. The van der Waals surface area contributed by atoms with Crippen LogP contribution in [0.3, 0.4) is 0 Å². The lowest BCUT2D eigenvalue weighted by atomic mass is 10.1. The summed E-state index contributed by atoms with van der Waals surface area (Å²) in [6.45, 7) is 5.84. The SMILES string of the molecule is CCN(CC)S(=O)(=O)c1cc(C(=O)NN2CCCCC2)ccc1Cl. The molecular weight excluding hydrogens is 350 g/mol. The maximum absolute atomic E-state index is 12.7. The summed E-state index contributed by atoms with van der Waals surface area (Å²) in [5.41, 5.74) is 3.12. The number of hydrazine groups is 1. The molecule has 0 atom stereocenters. The van der Waals surface area contributed by atoms with Gasteiger partial charge in [0.15, 0.2) is 0 Å². The minimum atomic E-state index is -3.71. The van der Waals surface area contributed by atoms with Crippen molar-refractivity contribution in [2.45, 2.75) is 38.0 Å². The molecule has 8 heteroatoms. The Balaban J connectivity index is 2.26. The summed E-state index contributed by atoms with van der Waals surface area (Å²) in [5.74, 6) is -0.315. The number of amides is 1. The number of nitrogens with one attached hydrogen (secondary N) is 1. The van der Waals surface area contributed by atoms with E-state index in [1.165, 1.54) is 22.9 Å². The minimum Gasteiger partial charge on any atom is -0.285 e. The van der Waals surface area contributed by atoms with Crippen molar-refractivity contribution in [1.29, 1.82) is 0 Å². The fourth-order valence-electron chi connectivity index (χ4n) is 2.76. The van der Waals surface area contributed by atoms with Gasteiger partial charge in [-0.25, -0.2) is 13.4 Å². The zero-order chi connectivity index (χ0) is 17.7. The van der Waals surface area contributed by atoms with Crippen molar-refractivity contribution in [3.8, 4) is 0 Å². The van der Waals surface area contributed by atoms with E-state index in [0.717, 1.165) is 25.9 Å². The topological polar surface area (TPSA) is 69.7 Å². The van der Waals surface area contributed by atoms with Crippen LogP contribution in [0.25, 0.3) is 0 Å². The van der Waals surface area contributed by atoms with Crippen molar-refractivity contribution in [2.75, 3.05) is 26.2 Å². The largest absolute Gasteiger partial charge is 0.285 e. The number of carbonyl (C=O) groups excluding carboxylic acids is 1. The van der Waals surface area contributed by atoms with Gasteiger partial charge in [0.2, 0.25) is 10.0 Å². The molecule has 1 aliphatic rings. The van der Waals surface area contributed by atoms with Crippen molar-refractivity contribution in [3.05, 3.63) is 28.8 Å². The van der Waals surface area contributed by atoms with Crippen LogP contribution < -0.4 is 5.43 Å². The second-order valence-corrected chi connectivity index (χ2v) is 8.04. The maximum atomic E-state index is 12.7. The third-order valence-corrected chi connectivity index (χ3v) is 6.66. The number of hydrogen-bond donors (Lipinski definition) is 1. The van der Waals surface area contributed by atoms with Crippen LogP contribution in [0.2, 0.25) is 5.02 Å². The average molecular weight is 374 g/mol. The molecule has 1 saturated heterocycles. The lowest BCUT2D eigenvalue weighted by Gasteiger charge is -2.27. The number of benzene rings is 1. The van der Waals surface area contributed by atoms with Gasteiger partial charge in [-0.2, -0.15) is 4.31 Å². The number of halogens is 1. The molecule has 1 heterocycles. The molecule has 1 amide bonds. The van der Waals surface area contributed by atoms with E-state index in [9.17, 15) is 13.2 Å². The molecule has 6 nitrogen and oxygen atoms in total. The molecule has 24 heavy (non-hydrogen) atoms. The van der Waals surface area contributed by atoms with E-state index in [0.29, 0.717) is 13.1 Å². The smallest absolute Gasteiger partial charge is 0.265 e. The number of hydrogen-bond acceptors (Lipinski definition) is 4. The van der Waals surface area contributed by atoms with Crippen molar-refractivity contribution >= 4 is 27.5 Å². The summed E-state index contributed by atoms with van der Waals surface area (Å²) in [4.78, 5) is 12.4. The summed E-state index contributed by atoms with van der Waals surface area (Å²) >= 11 is 6.09. The molecule has 1 aliphatic heterocycles. The summed E-state index contributed by atoms with van der Waals surface area (Å²) in [6, 6.07) is 4.36. The first-order chi connectivity index (χ1) is 11.4. The fraction of sp³-hybridized carbons (Fsp3) is 0.562. The first-order valence-corrected chi connectivity index (χ1v) is 10.1. The Kier molecular flexibility index (Phi) is 6.62. The van der Waals surface area contributed by atoms with Gasteiger partial charge in [-0.05, 0) is 31.0 Å². The zero-order valence-electron chi connectivity index (χ0n) is 14.1. The molecular formula is C16H24ClN3O3S. The Labute approximate surface area is 148 Å². The van der Waals surface area contributed by atoms with Crippen LogP contribution in [0.1, 0.15) is 43.5 Å². The zero-order valence-corrected chi connectivity index (χ0v) is 15.7. The van der Waals surface area contributed by atoms with Crippen molar-refractivity contribution < 1.29 is 13.2 Å². The second kappa shape index (κ2) is 8.29. The molecule has 0 bridgehead atoms. The minimum absolute atomic E-state index is 0.0286. The van der Waals surface area contributed by atoms with Gasteiger partial charge in [0.05, 0.1) is 5.02 Å². The molecule has 0 aromatic heterocycles. The van der Waals surface area contributed by atoms with Crippen LogP contribution in [0.5, 0.6) is 0 Å². The van der Waals surface area contributed by atoms with Crippen LogP contribution in [0.15, 0.2) is 23.1 Å². The van der Waals surface area contributed by atoms with Crippen molar-refractivity contribution in [1.82, 2.24) is 14.7 Å². The van der Waals surface area contributed by atoms with Crippen LogP contribution in [0.4, 0.5) is 0 Å². The maximum Gasteiger partial charge on any atom is 0.265 e. The van der Waals surface area contributed by atoms with E-state index in [2.05, 4.69) is 5.43 Å². The van der Waals surface area contributed by atoms with E-state index >= 15 is 0 Å². The molecule has 0 aliphatic carbocycles. The Morgan fingerprint density at radius 3 is 2.42 bits per heavy atom. The first-order valence-electron chi connectivity index (χ1n) is 8.25. The molecule has 1 aromatic rings. The highest BCUT2D eigenvalue weighted by Crippen LogP contribution is 2.26. The van der Waals surface area contributed by atoms with E-state index in [-0.39, 0.29) is 21.4 Å². The highest BCUT2D eigenvalue weighted by molar-refractivity contribution is 7.89. The standard InChI is InChI=1S/C16H24ClN3O3S/c1-3-20(4-2)24(22,23)15-12-13(8-9-14(15)17)16(21)18-19-10-6-5-7-11-19/h8-9,12H,3-7,10-11H2,1-2H3,(H,18,21). The van der Waals surface area contributed by atoms with Crippen LogP contribution in [-0.4, -0.2) is 49.8 Å². The molecule has 2 rings (SSSR count). The van der Waals surface area contributed by atoms with Gasteiger partial charge < -0.3 is 0 Å². The number of rotatable bonds is 6. The van der Waals surface area contributed by atoms with Gasteiger partial charge in [-0.1, -0.05) is 31.9 Å². The molecule has 1 N–H and O–H groups in total. The molecule has 0 saturated carbocycles. The van der Waals surface area contributed by atoms with Gasteiger partial charge in [0.1, 0.15) is 4.90 Å². The number of nitrogens with zero attached hydrogens (tertiary/aromatic N) is 2. The quantitative estimate of drug-likeness (QED) is 0.831. The van der Waals surface area contributed by atoms with Crippen LogP contribution >= 0.6 is 11.6 Å². The van der Waals surface area contributed by atoms with Gasteiger partial charge in [0.25, 0.3) is 5.91 Å².